The Balaban J connectivity index is 1.84. The van der Waals surface area contributed by atoms with Crippen LogP contribution in [-0.2, 0) is 19.1 Å². The third-order valence-electron chi connectivity index (χ3n) is 5.05. The first-order valence-electron chi connectivity index (χ1n) is 10.4. The number of urea groups is 1. The van der Waals surface area contributed by atoms with Crippen LogP contribution in [0.1, 0.15) is 45.1 Å². The van der Waals surface area contributed by atoms with Crippen LogP contribution in [0.25, 0.3) is 6.08 Å². The fourth-order valence-electron chi connectivity index (χ4n) is 3.67. The highest BCUT2D eigenvalue weighted by Crippen LogP contribution is 2.31. The van der Waals surface area contributed by atoms with Gasteiger partial charge in [0, 0.05) is 6.04 Å². The van der Waals surface area contributed by atoms with E-state index in [0.29, 0.717) is 23.7 Å². The lowest BCUT2D eigenvalue weighted by atomic mass is 10.0. The minimum atomic E-state index is -0.732. The molecule has 1 aliphatic carbocycles. The summed E-state index contributed by atoms with van der Waals surface area (Å²) in [6.45, 7) is 3.83. The molecular weight excluding hydrogens is 404 g/mol. The maximum atomic E-state index is 12.9. The Kier molecular flexibility index (Phi) is 7.28. The highest BCUT2D eigenvalue weighted by Gasteiger charge is 2.40. The number of amides is 4. The normalized spacial score (nSPS) is 18.3. The van der Waals surface area contributed by atoms with Gasteiger partial charge in [-0.05, 0) is 50.5 Å². The number of carbonyl (C=O) groups is 4. The zero-order valence-electron chi connectivity index (χ0n) is 17.6. The number of rotatable bonds is 8. The molecule has 1 heterocycles. The fourth-order valence-corrected chi connectivity index (χ4v) is 3.67. The molecule has 4 amide bonds. The first-order chi connectivity index (χ1) is 14.9. The second-order valence-corrected chi connectivity index (χ2v) is 7.16. The number of benzene rings is 1. The van der Waals surface area contributed by atoms with Gasteiger partial charge in [-0.25, -0.2) is 9.59 Å². The Morgan fingerprint density at radius 2 is 1.84 bits per heavy atom. The number of imide groups is 2. The van der Waals surface area contributed by atoms with Gasteiger partial charge in [0.15, 0.2) is 18.1 Å². The highest BCUT2D eigenvalue weighted by molar-refractivity contribution is 6.31. The number of nitrogens with one attached hydrogen (secondary N) is 1. The van der Waals surface area contributed by atoms with E-state index in [1.165, 1.54) is 6.08 Å². The average Bonchev–Trinajstić information content (AvgIpc) is 3.25. The molecule has 2 aliphatic rings. The summed E-state index contributed by atoms with van der Waals surface area (Å²) in [5, 5.41) is 2.25. The molecule has 1 saturated carbocycles. The molecule has 0 spiro atoms. The molecule has 0 unspecified atom stereocenters. The minimum absolute atomic E-state index is 0.117. The van der Waals surface area contributed by atoms with Crippen LogP contribution in [0.2, 0.25) is 0 Å². The molecule has 0 radical (unpaired) electrons. The van der Waals surface area contributed by atoms with E-state index >= 15 is 0 Å². The predicted octanol–water partition coefficient (Wildman–Crippen LogP) is 2.43. The molecule has 1 aliphatic heterocycles. The molecule has 1 aromatic rings. The van der Waals surface area contributed by atoms with E-state index < -0.39 is 23.8 Å². The Morgan fingerprint density at radius 3 is 2.52 bits per heavy atom. The van der Waals surface area contributed by atoms with Crippen molar-refractivity contribution in [3.8, 4) is 11.5 Å². The Morgan fingerprint density at radius 1 is 1.10 bits per heavy atom. The van der Waals surface area contributed by atoms with Gasteiger partial charge >= 0.3 is 12.0 Å². The topological polar surface area (TPSA) is 111 Å². The molecule has 0 aromatic heterocycles. The molecule has 31 heavy (non-hydrogen) atoms. The summed E-state index contributed by atoms with van der Waals surface area (Å²) >= 11 is 0. The van der Waals surface area contributed by atoms with Gasteiger partial charge in [0.05, 0.1) is 13.2 Å². The first-order valence-corrected chi connectivity index (χ1v) is 10.4. The summed E-state index contributed by atoms with van der Waals surface area (Å²) in [5.41, 5.74) is 0.403. The molecule has 1 aromatic carbocycles. The molecule has 2 fully saturated rings. The van der Waals surface area contributed by atoms with E-state index in [9.17, 15) is 19.2 Å². The molecule has 1 N–H and O–H groups in total. The van der Waals surface area contributed by atoms with Gasteiger partial charge in [0.2, 0.25) is 0 Å². The van der Waals surface area contributed by atoms with Gasteiger partial charge in [-0.3, -0.25) is 19.8 Å². The molecule has 9 heteroatoms. The lowest BCUT2D eigenvalue weighted by Gasteiger charge is -2.31. The van der Waals surface area contributed by atoms with Crippen molar-refractivity contribution in [1.82, 2.24) is 10.2 Å². The average molecular weight is 430 g/mol. The fraction of sp³-hybridized carbons (Fsp3) is 0.455. The largest absolute Gasteiger partial charge is 0.490 e. The summed E-state index contributed by atoms with van der Waals surface area (Å²) in [4.78, 5) is 50.2. The van der Waals surface area contributed by atoms with Gasteiger partial charge in [-0.15, -0.1) is 0 Å². The number of esters is 1. The number of barbiturate groups is 1. The molecule has 9 nitrogen and oxygen atoms in total. The van der Waals surface area contributed by atoms with Gasteiger partial charge < -0.3 is 14.2 Å². The maximum Gasteiger partial charge on any atom is 0.344 e. The lowest BCUT2D eigenvalue weighted by molar-refractivity contribution is -0.145. The van der Waals surface area contributed by atoms with Crippen molar-refractivity contribution in [3.05, 3.63) is 29.3 Å². The van der Waals surface area contributed by atoms with Gasteiger partial charge in [-0.1, -0.05) is 18.9 Å². The van der Waals surface area contributed by atoms with Crippen LogP contribution >= 0.6 is 0 Å². The molecule has 166 valence electrons. The summed E-state index contributed by atoms with van der Waals surface area (Å²) in [5.74, 6) is -1.14. The van der Waals surface area contributed by atoms with Crippen molar-refractivity contribution < 1.29 is 33.4 Å². The van der Waals surface area contributed by atoms with Crippen molar-refractivity contribution >= 4 is 29.9 Å². The smallest absolute Gasteiger partial charge is 0.344 e. The number of nitrogens with zero attached hydrogens (tertiary/aromatic N) is 1. The Labute approximate surface area is 180 Å². The van der Waals surface area contributed by atoms with Crippen LogP contribution in [-0.4, -0.2) is 54.6 Å². The number of ether oxygens (including phenoxy) is 3. The van der Waals surface area contributed by atoms with E-state index in [4.69, 9.17) is 14.2 Å². The third kappa shape index (κ3) is 5.22. The van der Waals surface area contributed by atoms with E-state index in [1.54, 1.807) is 32.0 Å². The minimum Gasteiger partial charge on any atom is -0.490 e. The van der Waals surface area contributed by atoms with Crippen molar-refractivity contribution in [3.63, 3.8) is 0 Å². The van der Waals surface area contributed by atoms with Crippen LogP contribution in [0.3, 0.4) is 0 Å². The quantitative estimate of drug-likeness (QED) is 0.383. The monoisotopic (exact) mass is 430 g/mol. The van der Waals surface area contributed by atoms with Crippen molar-refractivity contribution in [1.29, 1.82) is 0 Å². The Hall–Kier alpha value is -3.36. The summed E-state index contributed by atoms with van der Waals surface area (Å²) in [6.07, 6.45) is 4.78. The van der Waals surface area contributed by atoms with Crippen LogP contribution in [0.15, 0.2) is 23.8 Å². The zero-order chi connectivity index (χ0) is 22.4. The van der Waals surface area contributed by atoms with Crippen molar-refractivity contribution in [2.24, 2.45) is 0 Å². The zero-order valence-corrected chi connectivity index (χ0v) is 17.6. The molecule has 3 rings (SSSR count). The molecular formula is C22H26N2O7. The van der Waals surface area contributed by atoms with Gasteiger partial charge in [0.1, 0.15) is 5.57 Å². The van der Waals surface area contributed by atoms with Crippen LogP contribution in [0.5, 0.6) is 11.5 Å². The standard InChI is InChI=1S/C22H26N2O7/c1-3-29-18-12-14(9-10-17(18)31-13-19(25)30-4-2)11-16-20(26)23-22(28)24(21(16)27)15-7-5-6-8-15/h9-12,15H,3-8,13H2,1-2H3,(H,23,26,28). The predicted molar refractivity (Wildman–Crippen MR) is 110 cm³/mol. The second-order valence-electron chi connectivity index (χ2n) is 7.16. The van der Waals surface area contributed by atoms with Crippen molar-refractivity contribution in [2.75, 3.05) is 19.8 Å². The maximum absolute atomic E-state index is 12.9. The van der Waals surface area contributed by atoms with E-state index in [1.807, 2.05) is 0 Å². The van der Waals surface area contributed by atoms with Crippen molar-refractivity contribution in [2.45, 2.75) is 45.6 Å². The molecule has 0 bridgehead atoms. The van der Waals surface area contributed by atoms with Crippen LogP contribution in [0.4, 0.5) is 4.79 Å². The third-order valence-corrected chi connectivity index (χ3v) is 5.05. The SMILES string of the molecule is CCOC(=O)COc1ccc(C=C2C(=O)NC(=O)N(C3CCCC3)C2=O)cc1OCC. The Bertz CT molecular complexity index is 903. The number of hydrogen-bond donors (Lipinski definition) is 1. The second kappa shape index (κ2) is 10.1. The number of hydrogen-bond acceptors (Lipinski definition) is 7. The molecule has 0 atom stereocenters. The summed E-state index contributed by atoms with van der Waals surface area (Å²) in [7, 11) is 0. The lowest BCUT2D eigenvalue weighted by Crippen LogP contribution is -2.57. The van der Waals surface area contributed by atoms with Crippen LogP contribution in [0, 0.1) is 0 Å². The first kappa shape index (κ1) is 22.3. The van der Waals surface area contributed by atoms with Gasteiger partial charge in [0.25, 0.3) is 11.8 Å². The van der Waals surface area contributed by atoms with Gasteiger partial charge in [-0.2, -0.15) is 0 Å². The summed E-state index contributed by atoms with van der Waals surface area (Å²) in [6, 6.07) is 3.96. The number of carbonyl (C=O) groups excluding carboxylic acids is 4. The van der Waals surface area contributed by atoms with E-state index in [-0.39, 0.29) is 24.8 Å². The summed E-state index contributed by atoms with van der Waals surface area (Å²) < 4.78 is 15.9. The highest BCUT2D eigenvalue weighted by atomic mass is 16.6. The molecule has 1 saturated heterocycles. The van der Waals surface area contributed by atoms with E-state index in [0.717, 1.165) is 30.6 Å². The van der Waals surface area contributed by atoms with Crippen LogP contribution < -0.4 is 14.8 Å². The van der Waals surface area contributed by atoms with E-state index in [2.05, 4.69) is 5.32 Å².